The van der Waals surface area contributed by atoms with Gasteiger partial charge in [-0.1, -0.05) is 66.7 Å². The average molecular weight is 441 g/mol. The third-order valence-corrected chi connectivity index (χ3v) is 3.99. The Kier molecular flexibility index (Phi) is 9.56. The molecule has 0 spiro atoms. The molecule has 0 heterocycles. The Hall–Kier alpha value is -2.35. The second-order valence-electron chi connectivity index (χ2n) is 6.23. The van der Waals surface area contributed by atoms with Crippen LogP contribution in [0.15, 0.2) is 41.4 Å². The van der Waals surface area contributed by atoms with Gasteiger partial charge in [-0.15, -0.1) is 0 Å². The molecule has 1 aromatic rings. The predicted molar refractivity (Wildman–Crippen MR) is 105 cm³/mol. The Balaban J connectivity index is 2.69. The summed E-state index contributed by atoms with van der Waals surface area (Å²) in [6.45, 7) is 7.31. The molecule has 0 saturated carbocycles. The van der Waals surface area contributed by atoms with Crippen molar-refractivity contribution >= 4 is 33.9 Å². The lowest BCUT2D eigenvalue weighted by Crippen LogP contribution is -2.53. The molecular weight excluding hydrogens is 416 g/mol. The summed E-state index contributed by atoms with van der Waals surface area (Å²) in [5.74, 6) is -1.33. The van der Waals surface area contributed by atoms with Crippen LogP contribution in [0.4, 0.5) is 4.79 Å². The van der Waals surface area contributed by atoms with E-state index in [1.54, 1.807) is 13.8 Å². The summed E-state index contributed by atoms with van der Waals surface area (Å²) < 4.78 is 10.4. The van der Waals surface area contributed by atoms with E-state index in [-0.39, 0.29) is 18.9 Å². The first kappa shape index (κ1) is 22.7. The standard InChI is InChI=1S/C19H25BrN2O5/c1-12(2)16(17(23)21-15(10-13(3)20)18(24)26-4)22-19(25)27-11-14-8-6-5-7-9-14/h5-9,12,15-16H,3,10-11H2,1-2,4H3,(H,21,23)(H,22,25)/t15-,16+/m0/s1. The minimum Gasteiger partial charge on any atom is -0.467 e. The number of methoxy groups -OCH3 is 1. The first-order chi connectivity index (χ1) is 12.7. The molecule has 0 unspecified atom stereocenters. The fourth-order valence-electron chi connectivity index (χ4n) is 2.25. The van der Waals surface area contributed by atoms with Crippen LogP contribution in [0.25, 0.3) is 0 Å². The lowest BCUT2D eigenvalue weighted by Gasteiger charge is -2.24. The van der Waals surface area contributed by atoms with Crippen molar-refractivity contribution in [3.05, 3.63) is 47.0 Å². The summed E-state index contributed by atoms with van der Waals surface area (Å²) in [6, 6.07) is 7.42. The molecule has 1 aromatic carbocycles. The van der Waals surface area contributed by atoms with Crippen LogP contribution >= 0.6 is 15.9 Å². The van der Waals surface area contributed by atoms with Crippen LogP contribution in [0.5, 0.6) is 0 Å². The monoisotopic (exact) mass is 440 g/mol. The summed E-state index contributed by atoms with van der Waals surface area (Å²) in [4.78, 5) is 36.5. The van der Waals surface area contributed by atoms with Gasteiger partial charge in [-0.2, -0.15) is 0 Å². The predicted octanol–water partition coefficient (Wildman–Crippen LogP) is 2.89. The van der Waals surface area contributed by atoms with Crippen molar-refractivity contribution in [3.8, 4) is 0 Å². The molecule has 0 aliphatic rings. The number of ether oxygens (including phenoxy) is 2. The molecule has 0 aliphatic heterocycles. The van der Waals surface area contributed by atoms with Crippen LogP contribution in [-0.4, -0.2) is 37.2 Å². The Morgan fingerprint density at radius 3 is 2.30 bits per heavy atom. The summed E-state index contributed by atoms with van der Waals surface area (Å²) in [5, 5.41) is 5.13. The van der Waals surface area contributed by atoms with Gasteiger partial charge in [-0.3, -0.25) is 4.79 Å². The molecule has 0 radical (unpaired) electrons. The minimum absolute atomic E-state index is 0.0906. The molecular formula is C19H25BrN2O5. The van der Waals surface area contributed by atoms with E-state index in [1.807, 2.05) is 30.3 Å². The zero-order valence-corrected chi connectivity index (χ0v) is 17.2. The van der Waals surface area contributed by atoms with Gasteiger partial charge >= 0.3 is 12.1 Å². The van der Waals surface area contributed by atoms with Crippen molar-refractivity contribution in [1.82, 2.24) is 10.6 Å². The maximum Gasteiger partial charge on any atom is 0.408 e. The highest BCUT2D eigenvalue weighted by Crippen LogP contribution is 2.12. The van der Waals surface area contributed by atoms with Crippen LogP contribution < -0.4 is 10.6 Å². The normalized spacial score (nSPS) is 12.6. The van der Waals surface area contributed by atoms with Crippen LogP contribution in [-0.2, 0) is 25.7 Å². The van der Waals surface area contributed by atoms with Crippen molar-refractivity contribution in [1.29, 1.82) is 0 Å². The maximum absolute atomic E-state index is 12.6. The number of esters is 1. The van der Waals surface area contributed by atoms with Gasteiger partial charge in [0.25, 0.3) is 0 Å². The fourth-order valence-corrected chi connectivity index (χ4v) is 2.57. The number of hydrogen-bond donors (Lipinski definition) is 2. The van der Waals surface area contributed by atoms with Crippen molar-refractivity contribution < 1.29 is 23.9 Å². The molecule has 0 saturated heterocycles. The van der Waals surface area contributed by atoms with Gasteiger partial charge in [0.15, 0.2) is 0 Å². The number of hydrogen-bond acceptors (Lipinski definition) is 5. The van der Waals surface area contributed by atoms with E-state index in [0.717, 1.165) is 5.56 Å². The second kappa shape index (κ2) is 11.4. The molecule has 2 N–H and O–H groups in total. The van der Waals surface area contributed by atoms with Crippen molar-refractivity contribution in [3.63, 3.8) is 0 Å². The first-order valence-corrected chi connectivity index (χ1v) is 9.22. The van der Waals surface area contributed by atoms with E-state index >= 15 is 0 Å². The molecule has 148 valence electrons. The van der Waals surface area contributed by atoms with Crippen LogP contribution in [0, 0.1) is 5.92 Å². The molecule has 0 bridgehead atoms. The topological polar surface area (TPSA) is 93.7 Å². The second-order valence-corrected chi connectivity index (χ2v) is 7.35. The molecule has 0 aliphatic carbocycles. The quantitative estimate of drug-likeness (QED) is 0.575. The van der Waals surface area contributed by atoms with Gasteiger partial charge < -0.3 is 20.1 Å². The molecule has 7 nitrogen and oxygen atoms in total. The fraction of sp³-hybridized carbons (Fsp3) is 0.421. The number of nitrogens with one attached hydrogen (secondary N) is 2. The summed E-state index contributed by atoms with van der Waals surface area (Å²) in [6.07, 6.45) is -0.547. The zero-order valence-electron chi connectivity index (χ0n) is 15.7. The molecule has 0 fully saturated rings. The number of benzene rings is 1. The number of carbonyl (C=O) groups excluding carboxylic acids is 3. The lowest BCUT2D eigenvalue weighted by molar-refractivity contribution is -0.145. The number of alkyl carbamates (subject to hydrolysis) is 1. The highest BCUT2D eigenvalue weighted by Gasteiger charge is 2.29. The highest BCUT2D eigenvalue weighted by atomic mass is 79.9. The van der Waals surface area contributed by atoms with E-state index < -0.39 is 30.1 Å². The molecule has 1 rings (SSSR count). The van der Waals surface area contributed by atoms with Crippen LogP contribution in [0.2, 0.25) is 0 Å². The van der Waals surface area contributed by atoms with Gasteiger partial charge in [-0.25, -0.2) is 9.59 Å². The van der Waals surface area contributed by atoms with E-state index in [4.69, 9.17) is 9.47 Å². The Labute approximate surface area is 167 Å². The van der Waals surface area contributed by atoms with Crippen molar-refractivity contribution in [2.45, 2.75) is 39.0 Å². The lowest BCUT2D eigenvalue weighted by atomic mass is 10.0. The minimum atomic E-state index is -0.905. The van der Waals surface area contributed by atoms with Gasteiger partial charge in [-0.05, 0) is 16.0 Å². The molecule has 2 amide bonds. The number of rotatable bonds is 9. The number of amides is 2. The average Bonchev–Trinajstić information content (AvgIpc) is 2.63. The number of carbonyl (C=O) groups is 3. The highest BCUT2D eigenvalue weighted by molar-refractivity contribution is 9.11. The van der Waals surface area contributed by atoms with E-state index in [1.165, 1.54) is 7.11 Å². The van der Waals surface area contributed by atoms with E-state index in [0.29, 0.717) is 4.48 Å². The Morgan fingerprint density at radius 2 is 1.78 bits per heavy atom. The summed E-state index contributed by atoms with van der Waals surface area (Å²) in [7, 11) is 1.23. The maximum atomic E-state index is 12.6. The third-order valence-electron chi connectivity index (χ3n) is 3.66. The van der Waals surface area contributed by atoms with Crippen LogP contribution in [0.3, 0.4) is 0 Å². The zero-order chi connectivity index (χ0) is 20.4. The number of halogens is 1. The van der Waals surface area contributed by atoms with E-state index in [9.17, 15) is 14.4 Å². The van der Waals surface area contributed by atoms with Crippen molar-refractivity contribution in [2.24, 2.45) is 5.92 Å². The molecule has 27 heavy (non-hydrogen) atoms. The SMILES string of the molecule is C=C(Br)C[C@H](NC(=O)[C@H](NC(=O)OCc1ccccc1)C(C)C)C(=O)OC. The van der Waals surface area contributed by atoms with Gasteiger partial charge in [0, 0.05) is 6.42 Å². The van der Waals surface area contributed by atoms with Gasteiger partial charge in [0.2, 0.25) is 5.91 Å². The molecule has 0 aromatic heterocycles. The summed E-state index contributed by atoms with van der Waals surface area (Å²) >= 11 is 3.17. The third kappa shape index (κ3) is 8.25. The van der Waals surface area contributed by atoms with Gasteiger partial charge in [0.05, 0.1) is 7.11 Å². The summed E-state index contributed by atoms with van der Waals surface area (Å²) in [5.41, 5.74) is 0.833. The Bertz CT molecular complexity index is 663. The molecule has 8 heteroatoms. The van der Waals surface area contributed by atoms with Gasteiger partial charge in [0.1, 0.15) is 18.7 Å². The Morgan fingerprint density at radius 1 is 1.15 bits per heavy atom. The largest absolute Gasteiger partial charge is 0.467 e. The van der Waals surface area contributed by atoms with E-state index in [2.05, 4.69) is 33.1 Å². The smallest absolute Gasteiger partial charge is 0.408 e. The first-order valence-electron chi connectivity index (χ1n) is 8.43. The molecule has 2 atom stereocenters. The van der Waals surface area contributed by atoms with Crippen molar-refractivity contribution in [2.75, 3.05) is 7.11 Å². The van der Waals surface area contributed by atoms with Crippen LogP contribution in [0.1, 0.15) is 25.8 Å².